The lowest BCUT2D eigenvalue weighted by atomic mass is 10.0. The van der Waals surface area contributed by atoms with E-state index >= 15 is 0 Å². The summed E-state index contributed by atoms with van der Waals surface area (Å²) in [6.45, 7) is 12.7. The third-order valence-electron chi connectivity index (χ3n) is 5.50. The maximum atomic E-state index is 10.8. The van der Waals surface area contributed by atoms with Gasteiger partial charge in [-0.15, -0.1) is 0 Å². The van der Waals surface area contributed by atoms with Gasteiger partial charge in [-0.25, -0.2) is 0 Å². The van der Waals surface area contributed by atoms with Crippen LogP contribution < -0.4 is 10.4 Å². The van der Waals surface area contributed by atoms with Crippen molar-refractivity contribution in [3.63, 3.8) is 0 Å². The molecule has 0 aliphatic carbocycles. The lowest BCUT2D eigenvalue weighted by Gasteiger charge is -2.43. The number of hydrogen-bond acceptors (Lipinski definition) is 4. The highest BCUT2D eigenvalue weighted by atomic mass is 28.4. The zero-order valence-corrected chi connectivity index (χ0v) is 18.8. The molecule has 5 heteroatoms. The van der Waals surface area contributed by atoms with Gasteiger partial charge in [-0.2, -0.15) is 0 Å². The zero-order chi connectivity index (χ0) is 21.1. The van der Waals surface area contributed by atoms with Crippen LogP contribution in [0.5, 0.6) is 0 Å². The number of aliphatic hydroxyl groups is 1. The summed E-state index contributed by atoms with van der Waals surface area (Å²) in [6, 6.07) is 20.8. The predicted molar refractivity (Wildman–Crippen MR) is 121 cm³/mol. The Bertz CT molecular complexity index is 819. The van der Waals surface area contributed by atoms with Crippen molar-refractivity contribution < 1.29 is 14.4 Å². The first kappa shape index (κ1) is 21.5. The van der Waals surface area contributed by atoms with Crippen molar-refractivity contribution in [1.82, 2.24) is 0 Å². The largest absolute Gasteiger partial charge is 0.405 e. The van der Waals surface area contributed by atoms with Crippen LogP contribution in [0.4, 0.5) is 0 Å². The maximum absolute atomic E-state index is 10.8. The van der Waals surface area contributed by atoms with Gasteiger partial charge in [0, 0.05) is 6.42 Å². The van der Waals surface area contributed by atoms with E-state index in [1.54, 1.807) is 0 Å². The van der Waals surface area contributed by atoms with Crippen LogP contribution in [0.3, 0.4) is 0 Å². The molecule has 0 unspecified atom stereocenters. The van der Waals surface area contributed by atoms with Crippen LogP contribution >= 0.6 is 0 Å². The Hall–Kier alpha value is -2.21. The van der Waals surface area contributed by atoms with Gasteiger partial charge in [0.2, 0.25) is 0 Å². The van der Waals surface area contributed by atoms with Crippen LogP contribution in [-0.4, -0.2) is 38.0 Å². The molecule has 1 aliphatic rings. The second-order valence-corrected chi connectivity index (χ2v) is 13.0. The highest BCUT2D eigenvalue weighted by Gasteiger charge is 2.50. The van der Waals surface area contributed by atoms with E-state index in [9.17, 15) is 5.11 Å². The van der Waals surface area contributed by atoms with Gasteiger partial charge >= 0.3 is 0 Å². The fourth-order valence-corrected chi connectivity index (χ4v) is 8.51. The van der Waals surface area contributed by atoms with Crippen molar-refractivity contribution in [3.05, 3.63) is 72.8 Å². The molecule has 1 N–H and O–H groups in total. The third-order valence-corrected chi connectivity index (χ3v) is 10.5. The Morgan fingerprint density at radius 1 is 1.14 bits per heavy atom. The van der Waals surface area contributed by atoms with Crippen molar-refractivity contribution in [2.75, 3.05) is 6.61 Å². The molecule has 0 radical (unpaired) electrons. The lowest BCUT2D eigenvalue weighted by Crippen LogP contribution is -2.67. The number of rotatable bonds is 7. The molecule has 1 heterocycles. The number of aliphatic hydroxyl groups excluding tert-OH is 1. The van der Waals surface area contributed by atoms with Crippen molar-refractivity contribution in [1.29, 1.82) is 0 Å². The molecule has 154 valence electrons. The smallest absolute Gasteiger partial charge is 0.261 e. The van der Waals surface area contributed by atoms with Gasteiger partial charge in [0.1, 0.15) is 6.10 Å². The first-order chi connectivity index (χ1) is 13.8. The number of allylic oxidation sites excluding steroid dienone is 1. The van der Waals surface area contributed by atoms with Crippen LogP contribution in [-0.2, 0) is 9.26 Å². The van der Waals surface area contributed by atoms with Gasteiger partial charge < -0.3 is 14.4 Å². The molecule has 2 aromatic carbocycles. The van der Waals surface area contributed by atoms with Crippen molar-refractivity contribution in [3.8, 4) is 0 Å². The molecule has 29 heavy (non-hydrogen) atoms. The Morgan fingerprint density at radius 2 is 1.66 bits per heavy atom. The summed E-state index contributed by atoms with van der Waals surface area (Å²) < 4.78 is 6.77. The van der Waals surface area contributed by atoms with E-state index in [1.807, 2.05) is 19.1 Å². The molecule has 0 amide bonds. The monoisotopic (exact) mass is 409 g/mol. The van der Waals surface area contributed by atoms with E-state index in [2.05, 4.69) is 81.0 Å². The standard InChI is InChI=1S/C24H31NO3Si/c1-18(2)21-16-23(28-25-21)22(26)17-27-29(24(3,4)5,19-12-8-6-9-13-19)20-14-10-7-11-15-20/h6-15,22-23,26H,1,16-17H2,2-5H3/t22-,23+/m0/s1. The van der Waals surface area contributed by atoms with Gasteiger partial charge in [0.25, 0.3) is 8.32 Å². The third kappa shape index (κ3) is 4.37. The van der Waals surface area contributed by atoms with Crippen LogP contribution in [0.15, 0.2) is 78.0 Å². The zero-order valence-electron chi connectivity index (χ0n) is 17.8. The molecular weight excluding hydrogens is 378 g/mol. The molecule has 0 fully saturated rings. The molecule has 1 aliphatic heterocycles. The minimum atomic E-state index is -2.67. The van der Waals surface area contributed by atoms with Gasteiger partial charge in [0.15, 0.2) is 6.10 Å². The summed E-state index contributed by atoms with van der Waals surface area (Å²) in [4.78, 5) is 5.46. The quantitative estimate of drug-likeness (QED) is 0.710. The predicted octanol–water partition coefficient (Wildman–Crippen LogP) is 3.64. The van der Waals surface area contributed by atoms with E-state index in [4.69, 9.17) is 9.26 Å². The number of benzene rings is 2. The number of oxime groups is 1. The van der Waals surface area contributed by atoms with E-state index < -0.39 is 20.5 Å². The Morgan fingerprint density at radius 3 is 2.07 bits per heavy atom. The molecule has 0 saturated carbocycles. The van der Waals surface area contributed by atoms with Crippen molar-refractivity contribution >= 4 is 24.4 Å². The molecule has 0 saturated heterocycles. The summed E-state index contributed by atoms with van der Waals surface area (Å²) in [5.41, 5.74) is 1.67. The Balaban J connectivity index is 1.91. The topological polar surface area (TPSA) is 51.0 Å². The summed E-state index contributed by atoms with van der Waals surface area (Å²) in [7, 11) is -2.67. The Kier molecular flexibility index (Phi) is 6.41. The minimum absolute atomic E-state index is 0.134. The summed E-state index contributed by atoms with van der Waals surface area (Å²) in [5, 5.41) is 17.2. The first-order valence-corrected chi connectivity index (χ1v) is 12.0. The molecular formula is C24H31NO3Si. The van der Waals surface area contributed by atoms with E-state index in [0.717, 1.165) is 11.3 Å². The van der Waals surface area contributed by atoms with E-state index in [-0.39, 0.29) is 11.6 Å². The van der Waals surface area contributed by atoms with Crippen LogP contribution in [0, 0.1) is 0 Å². The SMILES string of the molecule is C=C(C)C1=NO[C@@H]([C@@H](O)CO[Si](c2ccccc2)(c2ccccc2)C(C)(C)C)C1. The van der Waals surface area contributed by atoms with Gasteiger partial charge in [-0.05, 0) is 27.9 Å². The summed E-state index contributed by atoms with van der Waals surface area (Å²) in [6.07, 6.45) is -0.613. The fourth-order valence-electron chi connectivity index (χ4n) is 3.93. The summed E-state index contributed by atoms with van der Waals surface area (Å²) >= 11 is 0. The number of nitrogens with zero attached hydrogens (tertiary/aromatic N) is 1. The highest BCUT2D eigenvalue weighted by Crippen LogP contribution is 2.37. The normalized spacial score (nSPS) is 18.1. The molecule has 0 aromatic heterocycles. The summed E-state index contributed by atoms with van der Waals surface area (Å²) in [5.74, 6) is 0. The average Bonchev–Trinajstić information content (AvgIpc) is 3.20. The second kappa shape index (κ2) is 8.65. The first-order valence-electron chi connectivity index (χ1n) is 10.1. The van der Waals surface area contributed by atoms with Crippen molar-refractivity contribution in [2.24, 2.45) is 5.16 Å². The Labute approximate surface area is 175 Å². The second-order valence-electron chi connectivity index (χ2n) is 8.71. The minimum Gasteiger partial charge on any atom is -0.405 e. The maximum Gasteiger partial charge on any atom is 0.261 e. The fraction of sp³-hybridized carbons (Fsp3) is 0.375. The van der Waals surface area contributed by atoms with Crippen LogP contribution in [0.2, 0.25) is 5.04 Å². The molecule has 2 aromatic rings. The average molecular weight is 410 g/mol. The van der Waals surface area contributed by atoms with Gasteiger partial charge in [0.05, 0.1) is 12.3 Å². The van der Waals surface area contributed by atoms with Gasteiger partial charge in [-0.3, -0.25) is 0 Å². The van der Waals surface area contributed by atoms with Crippen molar-refractivity contribution in [2.45, 2.75) is 51.4 Å². The molecule has 0 bridgehead atoms. The lowest BCUT2D eigenvalue weighted by molar-refractivity contribution is -0.0376. The number of hydrogen-bond donors (Lipinski definition) is 1. The molecule has 3 rings (SSSR count). The van der Waals surface area contributed by atoms with E-state index in [1.165, 1.54) is 10.4 Å². The molecule has 2 atom stereocenters. The van der Waals surface area contributed by atoms with Crippen LogP contribution in [0.1, 0.15) is 34.1 Å². The molecule has 0 spiro atoms. The van der Waals surface area contributed by atoms with E-state index in [0.29, 0.717) is 6.42 Å². The molecule has 4 nitrogen and oxygen atoms in total. The highest BCUT2D eigenvalue weighted by molar-refractivity contribution is 6.99. The van der Waals surface area contributed by atoms with Gasteiger partial charge in [-0.1, -0.05) is 93.2 Å². The van der Waals surface area contributed by atoms with Crippen LogP contribution in [0.25, 0.3) is 0 Å².